The summed E-state index contributed by atoms with van der Waals surface area (Å²) >= 11 is 1.60. The summed E-state index contributed by atoms with van der Waals surface area (Å²) in [5.74, 6) is -1.70. The molecule has 3 rings (SSSR count). The summed E-state index contributed by atoms with van der Waals surface area (Å²) in [5, 5.41) is 3.57. The van der Waals surface area contributed by atoms with Crippen LogP contribution in [-0.4, -0.2) is 23.1 Å². The average molecular weight is 370 g/mol. The first-order valence-electron chi connectivity index (χ1n) is 8.64. The standard InChI is InChI=1S/C18H21F3N2OS/c19-18(20,21)12-6-1-2-7-13(12)22-16(24)10-5-11-17-23-14-8-3-4-9-15(14)25-17/h3-4,8-9,12-13H,1-2,5-7,10-11H2,(H,22,24). The van der Waals surface area contributed by atoms with Crippen molar-refractivity contribution >= 4 is 27.5 Å². The number of amides is 1. The fourth-order valence-corrected chi connectivity index (χ4v) is 4.41. The van der Waals surface area contributed by atoms with Gasteiger partial charge in [0, 0.05) is 12.5 Å². The molecule has 2 unspecified atom stereocenters. The number of rotatable bonds is 5. The molecule has 1 aromatic carbocycles. The summed E-state index contributed by atoms with van der Waals surface area (Å²) in [6.45, 7) is 0. The molecule has 0 saturated heterocycles. The van der Waals surface area contributed by atoms with Crippen LogP contribution in [0.25, 0.3) is 10.2 Å². The second-order valence-corrected chi connectivity index (χ2v) is 7.65. The first-order valence-corrected chi connectivity index (χ1v) is 9.45. The van der Waals surface area contributed by atoms with Crippen LogP contribution in [0.15, 0.2) is 24.3 Å². The monoisotopic (exact) mass is 370 g/mol. The first kappa shape index (κ1) is 18.2. The van der Waals surface area contributed by atoms with E-state index in [0.717, 1.165) is 21.6 Å². The molecule has 1 saturated carbocycles. The highest BCUT2D eigenvalue weighted by atomic mass is 32.1. The highest BCUT2D eigenvalue weighted by Gasteiger charge is 2.45. The van der Waals surface area contributed by atoms with Crippen LogP contribution >= 0.6 is 11.3 Å². The number of alkyl halides is 3. The van der Waals surface area contributed by atoms with Crippen LogP contribution in [0.5, 0.6) is 0 Å². The van der Waals surface area contributed by atoms with E-state index < -0.39 is 18.1 Å². The van der Waals surface area contributed by atoms with Crippen LogP contribution in [0, 0.1) is 5.92 Å². The Morgan fingerprint density at radius 2 is 2.00 bits per heavy atom. The third kappa shape index (κ3) is 4.71. The van der Waals surface area contributed by atoms with Crippen molar-refractivity contribution in [2.75, 3.05) is 0 Å². The van der Waals surface area contributed by atoms with Crippen LogP contribution in [0.4, 0.5) is 13.2 Å². The molecule has 1 aromatic heterocycles. The highest BCUT2D eigenvalue weighted by Crippen LogP contribution is 2.37. The van der Waals surface area contributed by atoms with E-state index >= 15 is 0 Å². The largest absolute Gasteiger partial charge is 0.393 e. The second-order valence-electron chi connectivity index (χ2n) is 6.54. The third-order valence-electron chi connectivity index (χ3n) is 4.67. The summed E-state index contributed by atoms with van der Waals surface area (Å²) in [4.78, 5) is 16.6. The van der Waals surface area contributed by atoms with Crippen LogP contribution in [0.3, 0.4) is 0 Å². The fraction of sp³-hybridized carbons (Fsp3) is 0.556. The zero-order valence-electron chi connectivity index (χ0n) is 13.8. The van der Waals surface area contributed by atoms with E-state index in [0.29, 0.717) is 25.7 Å². The number of benzene rings is 1. The van der Waals surface area contributed by atoms with Crippen LogP contribution in [0.1, 0.15) is 43.5 Å². The van der Waals surface area contributed by atoms with Gasteiger partial charge in [-0.15, -0.1) is 11.3 Å². The van der Waals surface area contributed by atoms with Crippen molar-refractivity contribution in [1.29, 1.82) is 0 Å². The van der Waals surface area contributed by atoms with Gasteiger partial charge in [-0.25, -0.2) is 4.98 Å². The van der Waals surface area contributed by atoms with E-state index in [4.69, 9.17) is 0 Å². The van der Waals surface area contributed by atoms with Crippen molar-refractivity contribution < 1.29 is 18.0 Å². The molecule has 0 radical (unpaired) electrons. The Morgan fingerprint density at radius 1 is 1.24 bits per heavy atom. The second kappa shape index (κ2) is 7.72. The van der Waals surface area contributed by atoms with E-state index in [2.05, 4.69) is 10.3 Å². The summed E-state index contributed by atoms with van der Waals surface area (Å²) < 4.78 is 40.3. The minimum absolute atomic E-state index is 0.111. The first-order chi connectivity index (χ1) is 11.9. The van der Waals surface area contributed by atoms with Gasteiger partial charge in [-0.05, 0) is 37.8 Å². The maximum atomic E-state index is 13.1. The zero-order chi connectivity index (χ0) is 17.9. The molecule has 7 heteroatoms. The van der Waals surface area contributed by atoms with Gasteiger partial charge in [0.15, 0.2) is 0 Å². The SMILES string of the molecule is O=C(CCCc1nc2ccccc2s1)NC1CCCCC1C(F)(F)F. The quantitative estimate of drug-likeness (QED) is 0.817. The zero-order valence-corrected chi connectivity index (χ0v) is 14.6. The topological polar surface area (TPSA) is 42.0 Å². The Balaban J connectivity index is 1.48. The molecule has 3 nitrogen and oxygen atoms in total. The molecule has 25 heavy (non-hydrogen) atoms. The van der Waals surface area contributed by atoms with E-state index in [-0.39, 0.29) is 18.7 Å². The molecule has 1 aliphatic rings. The van der Waals surface area contributed by atoms with Crippen molar-refractivity contribution in [3.63, 3.8) is 0 Å². The van der Waals surface area contributed by atoms with Crippen molar-refractivity contribution in [3.05, 3.63) is 29.3 Å². The molecule has 0 aliphatic heterocycles. The number of fused-ring (bicyclic) bond motifs is 1. The Morgan fingerprint density at radius 3 is 2.76 bits per heavy atom. The summed E-state index contributed by atoms with van der Waals surface area (Å²) in [7, 11) is 0. The molecule has 2 atom stereocenters. The van der Waals surface area contributed by atoms with Gasteiger partial charge in [0.1, 0.15) is 0 Å². The van der Waals surface area contributed by atoms with E-state index in [1.807, 2.05) is 24.3 Å². The molecule has 1 fully saturated rings. The molecule has 1 heterocycles. The predicted octanol–water partition coefficient (Wildman–Crippen LogP) is 4.86. The Bertz CT molecular complexity index is 695. The Hall–Kier alpha value is -1.63. The van der Waals surface area contributed by atoms with Gasteiger partial charge in [0.25, 0.3) is 0 Å². The number of aryl methyl sites for hydroxylation is 1. The maximum Gasteiger partial charge on any atom is 0.393 e. The lowest BCUT2D eigenvalue weighted by molar-refractivity contribution is -0.189. The lowest BCUT2D eigenvalue weighted by Gasteiger charge is -2.33. The lowest BCUT2D eigenvalue weighted by Crippen LogP contribution is -2.47. The van der Waals surface area contributed by atoms with Crippen LogP contribution in [0.2, 0.25) is 0 Å². The molecular weight excluding hydrogens is 349 g/mol. The number of nitrogens with zero attached hydrogens (tertiary/aromatic N) is 1. The van der Waals surface area contributed by atoms with Crippen LogP contribution in [-0.2, 0) is 11.2 Å². The Labute approximate surface area is 148 Å². The molecule has 1 amide bonds. The smallest absolute Gasteiger partial charge is 0.353 e. The molecule has 136 valence electrons. The maximum absolute atomic E-state index is 13.1. The van der Waals surface area contributed by atoms with Gasteiger partial charge in [-0.1, -0.05) is 25.0 Å². The van der Waals surface area contributed by atoms with Crippen molar-refractivity contribution in [1.82, 2.24) is 10.3 Å². The minimum Gasteiger partial charge on any atom is -0.353 e. The van der Waals surface area contributed by atoms with E-state index in [1.54, 1.807) is 11.3 Å². The fourth-order valence-electron chi connectivity index (χ4n) is 3.40. The molecule has 0 bridgehead atoms. The summed E-state index contributed by atoms with van der Waals surface area (Å²) in [6.07, 6.45) is -0.906. The number of para-hydroxylation sites is 1. The molecule has 0 spiro atoms. The number of carbonyl (C=O) groups is 1. The van der Waals surface area contributed by atoms with Crippen LogP contribution < -0.4 is 5.32 Å². The highest BCUT2D eigenvalue weighted by molar-refractivity contribution is 7.18. The van der Waals surface area contributed by atoms with Crippen molar-refractivity contribution in [2.24, 2.45) is 5.92 Å². The number of hydrogen-bond acceptors (Lipinski definition) is 3. The molecular formula is C18H21F3N2OS. The Kier molecular flexibility index (Phi) is 5.61. The number of halogens is 3. The number of aromatic nitrogens is 1. The van der Waals surface area contributed by atoms with Gasteiger partial charge >= 0.3 is 6.18 Å². The molecule has 1 N–H and O–H groups in total. The number of hydrogen-bond donors (Lipinski definition) is 1. The minimum atomic E-state index is -4.24. The molecule has 1 aliphatic carbocycles. The lowest BCUT2D eigenvalue weighted by atomic mass is 9.84. The van der Waals surface area contributed by atoms with E-state index in [1.165, 1.54) is 0 Å². The summed E-state index contributed by atoms with van der Waals surface area (Å²) in [5.41, 5.74) is 0.946. The number of thiazole rings is 1. The summed E-state index contributed by atoms with van der Waals surface area (Å²) in [6, 6.07) is 7.06. The third-order valence-corrected chi connectivity index (χ3v) is 5.76. The normalized spacial score (nSPS) is 21.4. The van der Waals surface area contributed by atoms with Gasteiger partial charge in [0.05, 0.1) is 21.1 Å². The van der Waals surface area contributed by atoms with Gasteiger partial charge in [-0.3, -0.25) is 4.79 Å². The number of nitrogens with one attached hydrogen (secondary N) is 1. The van der Waals surface area contributed by atoms with Gasteiger partial charge in [0.2, 0.25) is 5.91 Å². The molecule has 2 aromatic rings. The van der Waals surface area contributed by atoms with E-state index in [9.17, 15) is 18.0 Å². The average Bonchev–Trinajstić information content (AvgIpc) is 2.97. The predicted molar refractivity (Wildman–Crippen MR) is 92.5 cm³/mol. The van der Waals surface area contributed by atoms with Gasteiger partial charge in [-0.2, -0.15) is 13.2 Å². The van der Waals surface area contributed by atoms with Crippen molar-refractivity contribution in [2.45, 2.75) is 57.2 Å². The van der Waals surface area contributed by atoms with Crippen molar-refractivity contribution in [3.8, 4) is 0 Å². The number of carbonyl (C=O) groups excluding carboxylic acids is 1. The van der Waals surface area contributed by atoms with Gasteiger partial charge < -0.3 is 5.32 Å².